The monoisotopic (exact) mass is 227 g/mol. The molecule has 0 spiro atoms. The number of furan rings is 1. The van der Waals surface area contributed by atoms with Crippen molar-refractivity contribution in [2.45, 2.75) is 13.3 Å². The average molecular weight is 228 g/mol. The van der Waals surface area contributed by atoms with Crippen LogP contribution in [0.3, 0.4) is 0 Å². The Balaban J connectivity index is 2.03. The number of rotatable bonds is 2. The first-order valence-corrected chi connectivity index (χ1v) is 5.66. The topological polar surface area (TPSA) is 33.5 Å². The normalized spacial score (nSPS) is 20.9. The average Bonchev–Trinajstić information content (AvgIpc) is 2.84. The number of carbonyl (C=O) groups excluding carboxylic acids is 1. The quantitative estimate of drug-likeness (QED) is 0.727. The van der Waals surface area contributed by atoms with Gasteiger partial charge in [-0.05, 0) is 31.4 Å². The lowest BCUT2D eigenvalue weighted by Gasteiger charge is -2.13. The molecule has 1 fully saturated rings. The van der Waals surface area contributed by atoms with E-state index in [2.05, 4.69) is 0 Å². The van der Waals surface area contributed by atoms with Crippen molar-refractivity contribution < 1.29 is 9.21 Å². The number of alkyl halides is 1. The van der Waals surface area contributed by atoms with Crippen molar-refractivity contribution in [3.05, 3.63) is 23.7 Å². The first kappa shape index (κ1) is 10.6. The van der Waals surface area contributed by atoms with Crippen molar-refractivity contribution in [1.82, 2.24) is 4.90 Å². The lowest BCUT2D eigenvalue weighted by atomic mass is 10.2. The lowest BCUT2D eigenvalue weighted by molar-refractivity contribution is 0.0755. The Hall–Kier alpha value is -0.960. The van der Waals surface area contributed by atoms with Crippen molar-refractivity contribution in [1.29, 1.82) is 0 Å². The van der Waals surface area contributed by atoms with Crippen LogP contribution >= 0.6 is 11.6 Å². The summed E-state index contributed by atoms with van der Waals surface area (Å²) in [5.74, 6) is 2.25. The predicted molar refractivity (Wildman–Crippen MR) is 58.2 cm³/mol. The van der Waals surface area contributed by atoms with Crippen molar-refractivity contribution >= 4 is 17.5 Å². The maximum Gasteiger partial charge on any atom is 0.289 e. The number of hydrogen-bond donors (Lipinski definition) is 0. The van der Waals surface area contributed by atoms with Crippen molar-refractivity contribution in [2.24, 2.45) is 5.92 Å². The summed E-state index contributed by atoms with van der Waals surface area (Å²) in [7, 11) is 0. The van der Waals surface area contributed by atoms with Crippen LogP contribution in [0.4, 0.5) is 0 Å². The highest BCUT2D eigenvalue weighted by molar-refractivity contribution is 6.18. The van der Waals surface area contributed by atoms with Crippen LogP contribution < -0.4 is 0 Å². The van der Waals surface area contributed by atoms with Crippen LogP contribution in [0.1, 0.15) is 22.7 Å². The Morgan fingerprint density at radius 1 is 1.67 bits per heavy atom. The van der Waals surface area contributed by atoms with E-state index < -0.39 is 0 Å². The summed E-state index contributed by atoms with van der Waals surface area (Å²) in [5.41, 5.74) is 0. The molecule has 82 valence electrons. The molecule has 0 bridgehead atoms. The fraction of sp³-hybridized carbons (Fsp3) is 0.545. The summed E-state index contributed by atoms with van der Waals surface area (Å²) in [6.45, 7) is 3.38. The van der Waals surface area contributed by atoms with Gasteiger partial charge < -0.3 is 9.32 Å². The van der Waals surface area contributed by atoms with Crippen LogP contribution in [0.25, 0.3) is 0 Å². The molecule has 0 aromatic carbocycles. The fourth-order valence-electron chi connectivity index (χ4n) is 1.85. The first-order chi connectivity index (χ1) is 7.20. The molecule has 2 rings (SSSR count). The third-order valence-corrected chi connectivity index (χ3v) is 3.18. The van der Waals surface area contributed by atoms with Crippen LogP contribution in [0.5, 0.6) is 0 Å². The maximum atomic E-state index is 11.9. The Labute approximate surface area is 94.0 Å². The highest BCUT2D eigenvalue weighted by Gasteiger charge is 2.27. The Morgan fingerprint density at radius 3 is 3.00 bits per heavy atom. The van der Waals surface area contributed by atoms with E-state index >= 15 is 0 Å². The molecule has 4 heteroatoms. The molecule has 1 aliphatic heterocycles. The third kappa shape index (κ3) is 2.17. The van der Waals surface area contributed by atoms with E-state index in [1.165, 1.54) is 0 Å². The molecule has 1 amide bonds. The first-order valence-electron chi connectivity index (χ1n) is 5.12. The summed E-state index contributed by atoms with van der Waals surface area (Å²) in [4.78, 5) is 13.7. The zero-order chi connectivity index (χ0) is 10.8. The second kappa shape index (κ2) is 4.27. The second-order valence-corrected chi connectivity index (χ2v) is 4.28. The summed E-state index contributed by atoms with van der Waals surface area (Å²) in [6, 6.07) is 3.54. The molecule has 1 unspecified atom stereocenters. The highest BCUT2D eigenvalue weighted by atomic mass is 35.5. The smallest absolute Gasteiger partial charge is 0.289 e. The van der Waals surface area contributed by atoms with Gasteiger partial charge in [-0.25, -0.2) is 0 Å². The largest absolute Gasteiger partial charge is 0.456 e. The lowest BCUT2D eigenvalue weighted by Crippen LogP contribution is -2.28. The molecule has 1 aromatic rings. The Bertz CT molecular complexity index is 361. The van der Waals surface area contributed by atoms with Gasteiger partial charge in [0.1, 0.15) is 5.76 Å². The van der Waals surface area contributed by atoms with Gasteiger partial charge in [-0.15, -0.1) is 11.6 Å². The third-order valence-electron chi connectivity index (χ3n) is 2.74. The van der Waals surface area contributed by atoms with Gasteiger partial charge in [0.2, 0.25) is 0 Å². The number of nitrogens with zero attached hydrogens (tertiary/aromatic N) is 1. The van der Waals surface area contributed by atoms with Crippen LogP contribution in [0.2, 0.25) is 0 Å². The Kier molecular flexibility index (Phi) is 3.00. The molecule has 1 aromatic heterocycles. The summed E-state index contributed by atoms with van der Waals surface area (Å²) in [6.07, 6.45) is 0.995. The SMILES string of the molecule is Cc1ccc(C(=O)N2CCC(CCl)C2)o1. The molecule has 1 atom stereocenters. The van der Waals surface area contributed by atoms with Gasteiger partial charge in [0.15, 0.2) is 5.76 Å². The number of carbonyl (C=O) groups is 1. The van der Waals surface area contributed by atoms with E-state index in [9.17, 15) is 4.79 Å². The summed E-state index contributed by atoms with van der Waals surface area (Å²) < 4.78 is 5.30. The molecular weight excluding hydrogens is 214 g/mol. The number of halogens is 1. The van der Waals surface area contributed by atoms with Gasteiger partial charge in [0.05, 0.1) is 0 Å². The number of likely N-dealkylation sites (tertiary alicyclic amines) is 1. The van der Waals surface area contributed by atoms with Crippen LogP contribution in [-0.4, -0.2) is 29.8 Å². The number of amides is 1. The zero-order valence-corrected chi connectivity index (χ0v) is 9.46. The second-order valence-electron chi connectivity index (χ2n) is 3.97. The molecule has 0 aliphatic carbocycles. The van der Waals surface area contributed by atoms with E-state index in [4.69, 9.17) is 16.0 Å². The summed E-state index contributed by atoms with van der Waals surface area (Å²) in [5, 5.41) is 0. The van der Waals surface area contributed by atoms with E-state index in [0.29, 0.717) is 17.6 Å². The minimum Gasteiger partial charge on any atom is -0.456 e. The van der Waals surface area contributed by atoms with Crippen molar-refractivity contribution in [3.8, 4) is 0 Å². The zero-order valence-electron chi connectivity index (χ0n) is 8.70. The Morgan fingerprint density at radius 2 is 2.47 bits per heavy atom. The van der Waals surface area contributed by atoms with Crippen LogP contribution in [0.15, 0.2) is 16.5 Å². The molecule has 0 N–H and O–H groups in total. The molecular formula is C11H14ClNO2. The molecule has 1 saturated heterocycles. The van der Waals surface area contributed by atoms with E-state index in [0.717, 1.165) is 25.3 Å². The molecule has 0 saturated carbocycles. The van der Waals surface area contributed by atoms with Gasteiger partial charge in [-0.1, -0.05) is 0 Å². The number of aryl methyl sites for hydroxylation is 1. The van der Waals surface area contributed by atoms with Gasteiger partial charge in [0, 0.05) is 19.0 Å². The van der Waals surface area contributed by atoms with Crippen molar-refractivity contribution in [3.63, 3.8) is 0 Å². The van der Waals surface area contributed by atoms with Crippen LogP contribution in [-0.2, 0) is 0 Å². The number of hydrogen-bond acceptors (Lipinski definition) is 2. The van der Waals surface area contributed by atoms with Gasteiger partial charge in [-0.3, -0.25) is 4.79 Å². The van der Waals surface area contributed by atoms with Gasteiger partial charge in [-0.2, -0.15) is 0 Å². The van der Waals surface area contributed by atoms with Gasteiger partial charge in [0.25, 0.3) is 5.91 Å². The molecule has 15 heavy (non-hydrogen) atoms. The molecule has 1 aliphatic rings. The molecule has 3 nitrogen and oxygen atoms in total. The minimum atomic E-state index is -0.0179. The van der Waals surface area contributed by atoms with E-state index in [1.807, 2.05) is 17.9 Å². The summed E-state index contributed by atoms with van der Waals surface area (Å²) >= 11 is 5.77. The predicted octanol–water partition coefficient (Wildman–Crippen LogP) is 2.29. The van der Waals surface area contributed by atoms with E-state index in [-0.39, 0.29) is 5.91 Å². The minimum absolute atomic E-state index is 0.0179. The van der Waals surface area contributed by atoms with Crippen LogP contribution in [0, 0.1) is 12.8 Å². The van der Waals surface area contributed by atoms with Crippen molar-refractivity contribution in [2.75, 3.05) is 19.0 Å². The fourth-order valence-corrected chi connectivity index (χ4v) is 2.10. The maximum absolute atomic E-state index is 11.9. The molecule has 2 heterocycles. The standard InChI is InChI=1S/C11H14ClNO2/c1-8-2-3-10(15-8)11(14)13-5-4-9(6-12)7-13/h2-3,9H,4-7H2,1H3. The van der Waals surface area contributed by atoms with Gasteiger partial charge >= 0.3 is 0 Å². The van der Waals surface area contributed by atoms with E-state index in [1.54, 1.807) is 6.07 Å². The highest BCUT2D eigenvalue weighted by Crippen LogP contribution is 2.20. The molecule has 0 radical (unpaired) electrons.